The maximum Gasteiger partial charge on any atom is 0.249 e. The second kappa shape index (κ2) is 7.77. The topological polar surface area (TPSA) is 62.7 Å². The lowest BCUT2D eigenvalue weighted by molar-refractivity contribution is 0.144. The van der Waals surface area contributed by atoms with Crippen molar-refractivity contribution in [3.63, 3.8) is 0 Å². The van der Waals surface area contributed by atoms with Gasteiger partial charge in [0, 0.05) is 42.1 Å². The van der Waals surface area contributed by atoms with Gasteiger partial charge in [0.05, 0.1) is 6.04 Å². The van der Waals surface area contributed by atoms with Crippen LogP contribution in [0.1, 0.15) is 15.3 Å². The van der Waals surface area contributed by atoms with Crippen molar-refractivity contribution in [2.75, 3.05) is 13.1 Å². The smallest absolute Gasteiger partial charge is 0.249 e. The summed E-state index contributed by atoms with van der Waals surface area (Å²) in [6.45, 7) is 4.50. The van der Waals surface area contributed by atoms with E-state index in [1.165, 1.54) is 9.75 Å². The minimum Gasteiger partial charge on any atom is -0.470 e. The first kappa shape index (κ1) is 19.7. The molecule has 0 saturated carbocycles. The third-order valence-corrected chi connectivity index (χ3v) is 8.49. The first-order valence-corrected chi connectivity index (χ1v) is 12.2. The van der Waals surface area contributed by atoms with Crippen molar-refractivity contribution < 1.29 is 13.2 Å². The summed E-state index contributed by atoms with van der Waals surface area (Å²) in [5.41, 5.74) is 0.958. The number of thiophene rings is 1. The molecule has 1 saturated heterocycles. The van der Waals surface area contributed by atoms with Gasteiger partial charge in [-0.15, -0.1) is 11.3 Å². The highest BCUT2D eigenvalue weighted by Crippen LogP contribution is 2.36. The van der Waals surface area contributed by atoms with Gasteiger partial charge in [-0.05, 0) is 36.8 Å². The molecule has 8 heteroatoms. The molecule has 3 aromatic rings. The van der Waals surface area contributed by atoms with Gasteiger partial charge >= 0.3 is 0 Å². The van der Waals surface area contributed by atoms with Gasteiger partial charge in [0.1, 0.15) is 11.0 Å². The fraction of sp³-hybridized carbons (Fsp3) is 0.318. The van der Waals surface area contributed by atoms with Gasteiger partial charge in [-0.1, -0.05) is 30.3 Å². The largest absolute Gasteiger partial charge is 0.470 e. The zero-order chi connectivity index (χ0) is 20.7. The number of nitrogens with zero attached hydrogens (tertiary/aromatic N) is 3. The highest BCUT2D eigenvalue weighted by atomic mass is 32.2. The van der Waals surface area contributed by atoms with Crippen LogP contribution >= 0.6 is 11.3 Å². The van der Waals surface area contributed by atoms with Crippen molar-refractivity contribution in [1.82, 2.24) is 14.2 Å². The van der Waals surface area contributed by atoms with Crippen molar-refractivity contribution in [3.8, 4) is 5.88 Å². The SMILES string of the molecule is Cc1ccc(CN2C[C@@H]3Oc4ncccc4S(=O)(=O)N(Cc4ccccc4)[C@@H]3C2)s1. The molecule has 0 unspecified atom stereocenters. The standard InChI is InChI=1S/C22H23N3O3S2/c1-16-9-10-18(29-16)13-24-14-19-20(15-24)28-22-21(8-5-11-23-22)30(26,27)25(19)12-17-6-3-2-4-7-17/h2-11,19-20H,12-15H2,1H3/t19-,20+/m1/s1. The Hall–Kier alpha value is -2.26. The average molecular weight is 442 g/mol. The van der Waals surface area contributed by atoms with Crippen molar-refractivity contribution in [1.29, 1.82) is 0 Å². The zero-order valence-corrected chi connectivity index (χ0v) is 18.3. The Bertz CT molecular complexity index is 1150. The monoisotopic (exact) mass is 441 g/mol. The highest BCUT2D eigenvalue weighted by molar-refractivity contribution is 7.89. The maximum atomic E-state index is 13.6. The van der Waals surface area contributed by atoms with E-state index in [1.54, 1.807) is 34.0 Å². The quantitative estimate of drug-likeness (QED) is 0.622. The van der Waals surface area contributed by atoms with Crippen molar-refractivity contribution in [2.45, 2.75) is 37.1 Å². The molecule has 2 atom stereocenters. The lowest BCUT2D eigenvalue weighted by atomic mass is 10.1. The van der Waals surface area contributed by atoms with Crippen LogP contribution in [-0.2, 0) is 23.1 Å². The number of hydrogen-bond donors (Lipinski definition) is 0. The molecular weight excluding hydrogens is 418 g/mol. The first-order valence-electron chi connectivity index (χ1n) is 9.96. The van der Waals surface area contributed by atoms with E-state index >= 15 is 0 Å². The molecule has 2 aliphatic heterocycles. The van der Waals surface area contributed by atoms with Crippen LogP contribution in [0.3, 0.4) is 0 Å². The highest BCUT2D eigenvalue weighted by Gasteiger charge is 2.47. The lowest BCUT2D eigenvalue weighted by Crippen LogP contribution is -2.46. The van der Waals surface area contributed by atoms with E-state index in [-0.39, 0.29) is 22.9 Å². The summed E-state index contributed by atoms with van der Waals surface area (Å²) in [4.78, 5) is 9.23. The Balaban J connectivity index is 1.50. The summed E-state index contributed by atoms with van der Waals surface area (Å²) in [7, 11) is -3.74. The van der Waals surface area contributed by atoms with Crippen LogP contribution in [0.15, 0.2) is 65.7 Å². The number of likely N-dealkylation sites (tertiary alicyclic amines) is 1. The van der Waals surface area contributed by atoms with E-state index in [9.17, 15) is 8.42 Å². The number of sulfonamides is 1. The van der Waals surface area contributed by atoms with E-state index in [4.69, 9.17) is 4.74 Å². The van der Waals surface area contributed by atoms with Crippen LogP contribution in [-0.4, -0.2) is 47.8 Å². The van der Waals surface area contributed by atoms with Crippen LogP contribution in [0.5, 0.6) is 5.88 Å². The second-order valence-electron chi connectivity index (χ2n) is 7.77. The third-order valence-electron chi connectivity index (χ3n) is 5.63. The van der Waals surface area contributed by atoms with Crippen molar-refractivity contribution >= 4 is 21.4 Å². The minimum atomic E-state index is -3.74. The fourth-order valence-corrected chi connectivity index (χ4v) is 6.85. The second-order valence-corrected chi connectivity index (χ2v) is 11.0. The summed E-state index contributed by atoms with van der Waals surface area (Å²) in [6, 6.07) is 16.9. The Morgan fingerprint density at radius 1 is 1.07 bits per heavy atom. The fourth-order valence-electron chi connectivity index (χ4n) is 4.22. The Morgan fingerprint density at radius 2 is 1.90 bits per heavy atom. The minimum absolute atomic E-state index is 0.149. The summed E-state index contributed by atoms with van der Waals surface area (Å²) >= 11 is 1.78. The predicted molar refractivity (Wildman–Crippen MR) is 116 cm³/mol. The third kappa shape index (κ3) is 3.65. The van der Waals surface area contributed by atoms with E-state index in [0.717, 1.165) is 12.1 Å². The predicted octanol–water partition coefficient (Wildman–Crippen LogP) is 3.29. The molecule has 0 spiro atoms. The molecule has 2 aliphatic rings. The number of hydrogen-bond acceptors (Lipinski definition) is 6. The van der Waals surface area contributed by atoms with Crippen molar-refractivity contribution in [3.05, 3.63) is 76.1 Å². The molecule has 4 heterocycles. The van der Waals surface area contributed by atoms with E-state index in [0.29, 0.717) is 19.6 Å². The van der Waals surface area contributed by atoms with Crippen LogP contribution in [0.2, 0.25) is 0 Å². The molecule has 1 aromatic carbocycles. The van der Waals surface area contributed by atoms with E-state index < -0.39 is 10.0 Å². The van der Waals surface area contributed by atoms with E-state index in [2.05, 4.69) is 28.9 Å². The maximum absolute atomic E-state index is 13.6. The number of rotatable bonds is 4. The summed E-state index contributed by atoms with van der Waals surface area (Å²) in [6.07, 6.45) is 1.32. The van der Waals surface area contributed by atoms with Crippen LogP contribution in [0, 0.1) is 6.92 Å². The zero-order valence-electron chi connectivity index (χ0n) is 16.6. The summed E-state index contributed by atoms with van der Waals surface area (Å²) in [5.74, 6) is 0.205. The Morgan fingerprint density at radius 3 is 2.67 bits per heavy atom. The number of ether oxygens (including phenoxy) is 1. The molecule has 0 amide bonds. The molecular formula is C22H23N3O3S2. The number of aromatic nitrogens is 1. The molecule has 156 valence electrons. The summed E-state index contributed by atoms with van der Waals surface area (Å²) < 4.78 is 35.1. The molecule has 30 heavy (non-hydrogen) atoms. The Kier molecular flexibility index (Phi) is 5.10. The molecule has 0 N–H and O–H groups in total. The molecule has 2 aromatic heterocycles. The van der Waals surface area contributed by atoms with Gasteiger partial charge in [0.25, 0.3) is 0 Å². The molecule has 0 aliphatic carbocycles. The van der Waals surface area contributed by atoms with Gasteiger partial charge in [-0.3, -0.25) is 4.90 Å². The summed E-state index contributed by atoms with van der Waals surface area (Å²) in [5, 5.41) is 0. The van der Waals surface area contributed by atoms with Crippen LogP contribution in [0.4, 0.5) is 0 Å². The number of aryl methyl sites for hydroxylation is 1. The van der Waals surface area contributed by atoms with Gasteiger partial charge in [0.15, 0.2) is 0 Å². The van der Waals surface area contributed by atoms with Gasteiger partial charge in [-0.2, -0.15) is 4.31 Å². The first-order chi connectivity index (χ1) is 14.5. The Labute approximate surface area is 180 Å². The molecule has 1 fully saturated rings. The van der Waals surface area contributed by atoms with Crippen molar-refractivity contribution in [2.24, 2.45) is 0 Å². The molecule has 5 rings (SSSR count). The number of pyridine rings is 1. The number of fused-ring (bicyclic) bond motifs is 2. The van der Waals surface area contributed by atoms with Gasteiger partial charge in [-0.25, -0.2) is 13.4 Å². The lowest BCUT2D eigenvalue weighted by Gasteiger charge is -2.28. The van der Waals surface area contributed by atoms with Crippen LogP contribution < -0.4 is 4.74 Å². The van der Waals surface area contributed by atoms with Gasteiger partial charge < -0.3 is 4.74 Å². The molecule has 0 radical (unpaired) electrons. The average Bonchev–Trinajstić information content (AvgIpc) is 3.31. The van der Waals surface area contributed by atoms with Gasteiger partial charge in [0.2, 0.25) is 15.9 Å². The number of benzene rings is 1. The molecule has 0 bridgehead atoms. The van der Waals surface area contributed by atoms with Crippen LogP contribution in [0.25, 0.3) is 0 Å². The molecule has 6 nitrogen and oxygen atoms in total. The van der Waals surface area contributed by atoms with E-state index in [1.807, 2.05) is 30.3 Å². The normalized spacial score (nSPS) is 23.4.